The molecule has 2 rings (SSSR count). The van der Waals surface area contributed by atoms with Gasteiger partial charge in [-0.3, -0.25) is 14.6 Å². The molecule has 1 aromatic rings. The molecule has 6 heteroatoms. The molecule has 1 aromatic carbocycles. The summed E-state index contributed by atoms with van der Waals surface area (Å²) in [5, 5.41) is 9.01. The van der Waals surface area contributed by atoms with Gasteiger partial charge < -0.3 is 9.84 Å². The van der Waals surface area contributed by atoms with Gasteiger partial charge in [-0.15, -0.1) is 0 Å². The fourth-order valence-electron chi connectivity index (χ4n) is 2.54. The fraction of sp³-hybridized carbons (Fsp3) is 0.533. The van der Waals surface area contributed by atoms with Crippen molar-refractivity contribution in [2.45, 2.75) is 19.5 Å². The molecule has 1 fully saturated rings. The van der Waals surface area contributed by atoms with Crippen LogP contribution in [0, 0.1) is 5.82 Å². The molecule has 1 aliphatic heterocycles. The molecule has 116 valence electrons. The maximum Gasteiger partial charge on any atom is 0.320 e. The Labute approximate surface area is 123 Å². The van der Waals surface area contributed by atoms with Crippen LogP contribution in [0.15, 0.2) is 18.2 Å². The Balaban J connectivity index is 1.93. The zero-order valence-corrected chi connectivity index (χ0v) is 12.4. The van der Waals surface area contributed by atoms with E-state index in [4.69, 9.17) is 9.84 Å². The van der Waals surface area contributed by atoms with Crippen LogP contribution in [-0.2, 0) is 11.3 Å². The van der Waals surface area contributed by atoms with Gasteiger partial charge in [-0.2, -0.15) is 0 Å². The molecule has 0 aliphatic carbocycles. The number of aliphatic carboxylic acids is 1. The average Bonchev–Trinajstić information content (AvgIpc) is 2.49. The summed E-state index contributed by atoms with van der Waals surface area (Å²) < 4.78 is 19.1. The maximum absolute atomic E-state index is 14.1. The third kappa shape index (κ3) is 3.71. The molecule has 0 saturated carbocycles. The van der Waals surface area contributed by atoms with E-state index >= 15 is 0 Å². The molecule has 1 aliphatic rings. The van der Waals surface area contributed by atoms with Gasteiger partial charge in [0, 0.05) is 38.3 Å². The van der Waals surface area contributed by atoms with Gasteiger partial charge in [0.1, 0.15) is 6.04 Å². The van der Waals surface area contributed by atoms with Gasteiger partial charge >= 0.3 is 5.97 Å². The van der Waals surface area contributed by atoms with Crippen LogP contribution in [0.2, 0.25) is 0 Å². The number of carbonyl (C=O) groups is 1. The lowest BCUT2D eigenvalue weighted by Crippen LogP contribution is -2.51. The topological polar surface area (TPSA) is 53.0 Å². The number of benzene rings is 1. The van der Waals surface area contributed by atoms with Gasteiger partial charge in [-0.05, 0) is 13.0 Å². The number of nitrogens with zero attached hydrogens (tertiary/aromatic N) is 2. The average molecular weight is 296 g/mol. The Bertz CT molecular complexity index is 502. The molecular weight excluding hydrogens is 275 g/mol. The van der Waals surface area contributed by atoms with E-state index in [9.17, 15) is 9.18 Å². The van der Waals surface area contributed by atoms with Crippen LogP contribution < -0.4 is 4.74 Å². The minimum Gasteiger partial charge on any atom is -0.494 e. The molecule has 1 heterocycles. The number of hydrogen-bond donors (Lipinski definition) is 1. The van der Waals surface area contributed by atoms with Crippen molar-refractivity contribution in [3.05, 3.63) is 29.6 Å². The van der Waals surface area contributed by atoms with E-state index in [0.29, 0.717) is 25.2 Å². The molecule has 21 heavy (non-hydrogen) atoms. The molecule has 1 unspecified atom stereocenters. The molecule has 0 aromatic heterocycles. The lowest BCUT2D eigenvalue weighted by molar-refractivity contribution is -0.143. The number of halogens is 1. The number of ether oxygens (including phenoxy) is 1. The van der Waals surface area contributed by atoms with Crippen molar-refractivity contribution in [2.24, 2.45) is 0 Å². The van der Waals surface area contributed by atoms with Crippen LogP contribution in [0.5, 0.6) is 5.75 Å². The van der Waals surface area contributed by atoms with Gasteiger partial charge in [0.25, 0.3) is 0 Å². The molecule has 1 atom stereocenters. The SMILES string of the molecule is COc1cccc(CN2CCN(C(C)C(=O)O)CC2)c1F. The van der Waals surface area contributed by atoms with Crippen LogP contribution in [0.25, 0.3) is 0 Å². The van der Waals surface area contributed by atoms with Crippen molar-refractivity contribution in [3.8, 4) is 5.75 Å². The summed E-state index contributed by atoms with van der Waals surface area (Å²) in [6, 6.07) is 4.66. The molecule has 0 radical (unpaired) electrons. The highest BCUT2D eigenvalue weighted by molar-refractivity contribution is 5.72. The van der Waals surface area contributed by atoms with Crippen LogP contribution in [0.4, 0.5) is 4.39 Å². The largest absolute Gasteiger partial charge is 0.494 e. The predicted octanol–water partition coefficient (Wildman–Crippen LogP) is 1.42. The van der Waals surface area contributed by atoms with E-state index in [-0.39, 0.29) is 11.6 Å². The van der Waals surface area contributed by atoms with Gasteiger partial charge in [-0.1, -0.05) is 12.1 Å². The third-order valence-corrected chi connectivity index (χ3v) is 3.97. The second-order valence-corrected chi connectivity index (χ2v) is 5.26. The van der Waals surface area contributed by atoms with E-state index in [0.717, 1.165) is 13.1 Å². The first-order valence-corrected chi connectivity index (χ1v) is 7.03. The van der Waals surface area contributed by atoms with E-state index in [1.54, 1.807) is 25.1 Å². The first kappa shape index (κ1) is 15.7. The Morgan fingerprint density at radius 2 is 2.05 bits per heavy atom. The Morgan fingerprint density at radius 1 is 1.38 bits per heavy atom. The lowest BCUT2D eigenvalue weighted by atomic mass is 10.1. The number of methoxy groups -OCH3 is 1. The molecular formula is C15H21FN2O3. The minimum absolute atomic E-state index is 0.255. The van der Waals surface area contributed by atoms with Crippen LogP contribution in [0.3, 0.4) is 0 Å². The minimum atomic E-state index is -0.803. The number of piperazine rings is 1. The standard InChI is InChI=1S/C15H21FN2O3/c1-11(15(19)20)18-8-6-17(7-9-18)10-12-4-3-5-13(21-2)14(12)16/h3-5,11H,6-10H2,1-2H3,(H,19,20). The van der Waals surface area contributed by atoms with Crippen LogP contribution in [-0.4, -0.2) is 60.2 Å². The zero-order valence-electron chi connectivity index (χ0n) is 12.4. The number of carboxylic acid groups (broad SMARTS) is 1. The van der Waals surface area contributed by atoms with Crippen molar-refractivity contribution in [1.29, 1.82) is 0 Å². The fourth-order valence-corrected chi connectivity index (χ4v) is 2.54. The summed E-state index contributed by atoms with van der Waals surface area (Å²) in [6.07, 6.45) is 0. The van der Waals surface area contributed by atoms with Crippen LogP contribution in [0.1, 0.15) is 12.5 Å². The molecule has 1 N–H and O–H groups in total. The number of hydrogen-bond acceptors (Lipinski definition) is 4. The summed E-state index contributed by atoms with van der Waals surface area (Å²) in [5.41, 5.74) is 0.606. The number of rotatable bonds is 5. The Morgan fingerprint density at radius 3 is 2.62 bits per heavy atom. The molecule has 0 bridgehead atoms. The molecule has 5 nitrogen and oxygen atoms in total. The van der Waals surface area contributed by atoms with E-state index in [2.05, 4.69) is 4.90 Å². The molecule has 0 spiro atoms. The third-order valence-electron chi connectivity index (χ3n) is 3.97. The molecule has 0 amide bonds. The second kappa shape index (κ2) is 6.87. The summed E-state index contributed by atoms with van der Waals surface area (Å²) in [4.78, 5) is 15.0. The van der Waals surface area contributed by atoms with Gasteiger partial charge in [0.15, 0.2) is 11.6 Å². The van der Waals surface area contributed by atoms with Crippen molar-refractivity contribution >= 4 is 5.97 Å². The van der Waals surface area contributed by atoms with Gasteiger partial charge in [0.2, 0.25) is 0 Å². The smallest absolute Gasteiger partial charge is 0.320 e. The van der Waals surface area contributed by atoms with E-state index in [1.165, 1.54) is 7.11 Å². The highest BCUT2D eigenvalue weighted by atomic mass is 19.1. The quantitative estimate of drug-likeness (QED) is 0.891. The van der Waals surface area contributed by atoms with Gasteiger partial charge in [0.05, 0.1) is 7.11 Å². The highest BCUT2D eigenvalue weighted by Crippen LogP contribution is 2.21. The zero-order chi connectivity index (χ0) is 15.4. The Kier molecular flexibility index (Phi) is 5.14. The van der Waals surface area contributed by atoms with Crippen molar-refractivity contribution in [1.82, 2.24) is 9.80 Å². The molecule has 1 saturated heterocycles. The summed E-state index contributed by atoms with van der Waals surface area (Å²) in [6.45, 7) is 5.03. The van der Waals surface area contributed by atoms with E-state index < -0.39 is 12.0 Å². The highest BCUT2D eigenvalue weighted by Gasteiger charge is 2.25. The van der Waals surface area contributed by atoms with Crippen molar-refractivity contribution in [3.63, 3.8) is 0 Å². The maximum atomic E-state index is 14.1. The van der Waals surface area contributed by atoms with E-state index in [1.807, 2.05) is 4.90 Å². The van der Waals surface area contributed by atoms with Gasteiger partial charge in [-0.25, -0.2) is 4.39 Å². The first-order valence-electron chi connectivity index (χ1n) is 7.03. The normalized spacial score (nSPS) is 18.4. The van der Waals surface area contributed by atoms with Crippen molar-refractivity contribution in [2.75, 3.05) is 33.3 Å². The summed E-state index contributed by atoms with van der Waals surface area (Å²) >= 11 is 0. The monoisotopic (exact) mass is 296 g/mol. The van der Waals surface area contributed by atoms with Crippen LogP contribution >= 0.6 is 0 Å². The second-order valence-electron chi connectivity index (χ2n) is 5.26. The first-order chi connectivity index (χ1) is 10.0. The Hall–Kier alpha value is -1.66. The number of carboxylic acids is 1. The lowest BCUT2D eigenvalue weighted by Gasteiger charge is -2.36. The van der Waals surface area contributed by atoms with Crippen molar-refractivity contribution < 1.29 is 19.0 Å². The summed E-state index contributed by atoms with van der Waals surface area (Å²) in [5.74, 6) is -0.866. The summed E-state index contributed by atoms with van der Waals surface area (Å²) in [7, 11) is 1.45. The predicted molar refractivity (Wildman–Crippen MR) is 76.9 cm³/mol.